The minimum Gasteiger partial charge on any atom is -0.477 e. The highest BCUT2D eigenvalue weighted by molar-refractivity contribution is 7.89. The van der Waals surface area contributed by atoms with E-state index in [-0.39, 0.29) is 28.6 Å². The minimum absolute atomic E-state index is 0.0116. The molecule has 18 heavy (non-hydrogen) atoms. The Morgan fingerprint density at radius 1 is 1.44 bits per heavy atom. The first-order valence-electron chi connectivity index (χ1n) is 4.89. The maximum Gasteiger partial charge on any atom is 0.347 e. The topological polar surface area (TPSA) is 113 Å². The molecule has 0 aliphatic carbocycles. The van der Waals surface area contributed by atoms with Crippen molar-refractivity contribution in [1.29, 1.82) is 0 Å². The summed E-state index contributed by atoms with van der Waals surface area (Å²) in [6, 6.07) is 1.22. The number of amides is 1. The number of hydrogen-bond donors (Lipinski definition) is 3. The predicted molar refractivity (Wildman–Crippen MR) is 65.2 cm³/mol. The van der Waals surface area contributed by atoms with Crippen LogP contribution in [-0.2, 0) is 14.8 Å². The van der Waals surface area contributed by atoms with Crippen LogP contribution in [0, 0.1) is 0 Å². The van der Waals surface area contributed by atoms with Crippen LogP contribution in [0.25, 0.3) is 0 Å². The molecule has 1 heterocycles. The van der Waals surface area contributed by atoms with E-state index in [4.69, 9.17) is 5.11 Å². The van der Waals surface area contributed by atoms with Crippen molar-refractivity contribution in [2.24, 2.45) is 0 Å². The molecule has 0 fully saturated rings. The van der Waals surface area contributed by atoms with Gasteiger partial charge in [0, 0.05) is 20.0 Å². The van der Waals surface area contributed by atoms with Crippen molar-refractivity contribution < 1.29 is 23.1 Å². The minimum atomic E-state index is -3.90. The van der Waals surface area contributed by atoms with Gasteiger partial charge in [0.05, 0.1) is 0 Å². The summed E-state index contributed by atoms with van der Waals surface area (Å²) >= 11 is 0.831. The lowest BCUT2D eigenvalue weighted by Gasteiger charge is -2.05. The van der Waals surface area contributed by atoms with Gasteiger partial charge in [-0.2, -0.15) is 0 Å². The first-order valence-corrected chi connectivity index (χ1v) is 7.26. The van der Waals surface area contributed by atoms with Gasteiger partial charge in [0.2, 0.25) is 15.9 Å². The van der Waals surface area contributed by atoms with Crippen molar-refractivity contribution >= 4 is 33.2 Å². The molecule has 0 aliphatic heterocycles. The lowest BCUT2D eigenvalue weighted by atomic mass is 10.4. The lowest BCUT2D eigenvalue weighted by Crippen LogP contribution is -2.29. The SMILES string of the molecule is CNC(=O)CCNS(=O)(=O)c1ccsc1C(=O)O. The molecule has 0 saturated carbocycles. The van der Waals surface area contributed by atoms with Crippen LogP contribution in [-0.4, -0.2) is 39.0 Å². The van der Waals surface area contributed by atoms with Gasteiger partial charge in [0.1, 0.15) is 9.77 Å². The van der Waals surface area contributed by atoms with Crippen molar-refractivity contribution in [3.8, 4) is 0 Å². The summed E-state index contributed by atoms with van der Waals surface area (Å²) < 4.78 is 25.8. The van der Waals surface area contributed by atoms with E-state index in [2.05, 4.69) is 10.0 Å². The third-order valence-corrected chi connectivity index (χ3v) is 4.57. The van der Waals surface area contributed by atoms with Gasteiger partial charge in [0.15, 0.2) is 0 Å². The van der Waals surface area contributed by atoms with Crippen molar-refractivity contribution in [2.75, 3.05) is 13.6 Å². The Labute approximate surface area is 108 Å². The number of hydrogen-bond acceptors (Lipinski definition) is 5. The van der Waals surface area contributed by atoms with E-state index in [0.29, 0.717) is 0 Å². The normalized spacial score (nSPS) is 11.2. The van der Waals surface area contributed by atoms with Gasteiger partial charge in [-0.05, 0) is 11.4 Å². The first-order chi connectivity index (χ1) is 8.38. The van der Waals surface area contributed by atoms with E-state index in [9.17, 15) is 18.0 Å². The van der Waals surface area contributed by atoms with Gasteiger partial charge in [0.25, 0.3) is 0 Å². The summed E-state index contributed by atoms with van der Waals surface area (Å²) in [6.07, 6.45) is -0.0116. The van der Waals surface area contributed by atoms with Crippen molar-refractivity contribution in [1.82, 2.24) is 10.0 Å². The fourth-order valence-corrected chi connectivity index (χ4v) is 3.46. The monoisotopic (exact) mass is 292 g/mol. The van der Waals surface area contributed by atoms with Crippen LogP contribution in [0.2, 0.25) is 0 Å². The number of carbonyl (C=O) groups excluding carboxylic acids is 1. The number of sulfonamides is 1. The van der Waals surface area contributed by atoms with Gasteiger partial charge in [-0.15, -0.1) is 11.3 Å². The van der Waals surface area contributed by atoms with Crippen LogP contribution in [0.15, 0.2) is 16.3 Å². The highest BCUT2D eigenvalue weighted by Crippen LogP contribution is 2.21. The van der Waals surface area contributed by atoms with Gasteiger partial charge in [-0.3, -0.25) is 4.79 Å². The second-order valence-corrected chi connectivity index (χ2v) is 5.89. The predicted octanol–water partition coefficient (Wildman–Crippen LogP) is -0.139. The highest BCUT2D eigenvalue weighted by atomic mass is 32.2. The van der Waals surface area contributed by atoms with Crippen LogP contribution >= 0.6 is 11.3 Å². The molecule has 1 aromatic rings. The zero-order valence-electron chi connectivity index (χ0n) is 9.47. The van der Waals surface area contributed by atoms with Crippen LogP contribution in [0.5, 0.6) is 0 Å². The molecule has 0 radical (unpaired) electrons. The average Bonchev–Trinajstić information content (AvgIpc) is 2.78. The van der Waals surface area contributed by atoms with Crippen molar-refractivity contribution in [2.45, 2.75) is 11.3 Å². The molecular weight excluding hydrogens is 280 g/mol. The van der Waals surface area contributed by atoms with Crippen LogP contribution in [0.4, 0.5) is 0 Å². The molecule has 0 bridgehead atoms. The zero-order chi connectivity index (χ0) is 13.8. The largest absolute Gasteiger partial charge is 0.477 e. The number of nitrogens with one attached hydrogen (secondary N) is 2. The maximum atomic E-state index is 11.8. The quantitative estimate of drug-likeness (QED) is 0.675. The smallest absolute Gasteiger partial charge is 0.347 e. The Hall–Kier alpha value is -1.45. The Bertz CT molecular complexity index is 549. The molecule has 0 spiro atoms. The van der Waals surface area contributed by atoms with E-state index >= 15 is 0 Å². The van der Waals surface area contributed by atoms with E-state index in [1.165, 1.54) is 18.5 Å². The molecule has 3 N–H and O–H groups in total. The molecule has 0 saturated heterocycles. The van der Waals surface area contributed by atoms with Crippen LogP contribution in [0.1, 0.15) is 16.1 Å². The van der Waals surface area contributed by atoms with E-state index in [0.717, 1.165) is 11.3 Å². The van der Waals surface area contributed by atoms with Gasteiger partial charge in [-0.1, -0.05) is 0 Å². The van der Waals surface area contributed by atoms with Gasteiger partial charge in [-0.25, -0.2) is 17.9 Å². The van der Waals surface area contributed by atoms with Gasteiger partial charge >= 0.3 is 5.97 Å². The van der Waals surface area contributed by atoms with E-state index in [1.54, 1.807) is 0 Å². The summed E-state index contributed by atoms with van der Waals surface area (Å²) in [4.78, 5) is 21.2. The molecule has 0 atom stereocenters. The molecule has 1 aromatic heterocycles. The number of carbonyl (C=O) groups is 2. The standard InChI is InChI=1S/C9H12N2O5S2/c1-10-7(12)2-4-11-18(15,16)6-3-5-17-8(6)9(13)14/h3,5,11H,2,4H2,1H3,(H,10,12)(H,13,14). The number of rotatable bonds is 6. The number of aromatic carboxylic acids is 1. The summed E-state index contributed by atoms with van der Waals surface area (Å²) in [7, 11) is -2.45. The fourth-order valence-electron chi connectivity index (χ4n) is 1.17. The van der Waals surface area contributed by atoms with E-state index < -0.39 is 16.0 Å². The van der Waals surface area contributed by atoms with Crippen molar-refractivity contribution in [3.63, 3.8) is 0 Å². The first kappa shape index (κ1) is 14.6. The maximum absolute atomic E-state index is 11.8. The second-order valence-electron chi connectivity index (χ2n) is 3.24. The third-order valence-electron chi connectivity index (χ3n) is 2.04. The second kappa shape index (κ2) is 5.94. The lowest BCUT2D eigenvalue weighted by molar-refractivity contribution is -0.120. The highest BCUT2D eigenvalue weighted by Gasteiger charge is 2.23. The number of carboxylic acid groups (broad SMARTS) is 1. The zero-order valence-corrected chi connectivity index (χ0v) is 11.1. The van der Waals surface area contributed by atoms with E-state index in [1.807, 2.05) is 0 Å². The van der Waals surface area contributed by atoms with Crippen LogP contribution < -0.4 is 10.0 Å². The molecule has 1 amide bonds. The Morgan fingerprint density at radius 2 is 2.11 bits per heavy atom. The number of carboxylic acids is 1. The van der Waals surface area contributed by atoms with Gasteiger partial charge < -0.3 is 10.4 Å². The number of thiophene rings is 1. The molecule has 0 aromatic carbocycles. The fraction of sp³-hybridized carbons (Fsp3) is 0.333. The Balaban J connectivity index is 2.78. The summed E-state index contributed by atoms with van der Waals surface area (Å²) in [5.41, 5.74) is 0. The molecule has 9 heteroatoms. The van der Waals surface area contributed by atoms with Crippen molar-refractivity contribution in [3.05, 3.63) is 16.3 Å². The average molecular weight is 292 g/mol. The summed E-state index contributed by atoms with van der Waals surface area (Å²) in [6.45, 7) is -0.0864. The molecule has 0 aliphatic rings. The Morgan fingerprint density at radius 3 is 2.67 bits per heavy atom. The summed E-state index contributed by atoms with van der Waals surface area (Å²) in [5.74, 6) is -1.60. The third kappa shape index (κ3) is 3.52. The molecule has 0 unspecified atom stereocenters. The summed E-state index contributed by atoms with van der Waals surface area (Å²) in [5, 5.41) is 12.6. The molecule has 1 rings (SSSR count). The molecule has 7 nitrogen and oxygen atoms in total. The Kier molecular flexibility index (Phi) is 4.82. The van der Waals surface area contributed by atoms with Crippen LogP contribution in [0.3, 0.4) is 0 Å². The molecular formula is C9H12N2O5S2. The molecule has 100 valence electrons.